The van der Waals surface area contributed by atoms with Gasteiger partial charge in [0, 0.05) is 49.1 Å². The number of fused-ring (bicyclic) bond motifs is 1. The molecule has 0 bridgehead atoms. The Morgan fingerprint density at radius 2 is 1.83 bits per heavy atom. The molecule has 36 heavy (non-hydrogen) atoms. The summed E-state index contributed by atoms with van der Waals surface area (Å²) < 4.78 is 27.3. The van der Waals surface area contributed by atoms with Crippen molar-refractivity contribution >= 4 is 51.7 Å². The number of nitrogens with zero attached hydrogens (tertiary/aromatic N) is 2. The van der Waals surface area contributed by atoms with Gasteiger partial charge in [-0.1, -0.05) is 49.2 Å². The van der Waals surface area contributed by atoms with Crippen LogP contribution < -0.4 is 4.90 Å². The highest BCUT2D eigenvalue weighted by Crippen LogP contribution is 2.43. The number of anilines is 1. The fourth-order valence-corrected chi connectivity index (χ4v) is 6.31. The number of nitrogens with one attached hydrogen (secondary N) is 1. The smallest absolute Gasteiger partial charge is 0.251 e. The average molecular weight is 557 g/mol. The Balaban J connectivity index is 0.00000148. The van der Waals surface area contributed by atoms with Crippen LogP contribution in [0.1, 0.15) is 63.3 Å². The van der Waals surface area contributed by atoms with Crippen molar-refractivity contribution in [2.24, 2.45) is 5.92 Å². The van der Waals surface area contributed by atoms with Gasteiger partial charge in [0.1, 0.15) is 11.3 Å². The lowest BCUT2D eigenvalue weighted by molar-refractivity contribution is -0.0220. The van der Waals surface area contributed by atoms with E-state index in [0.717, 1.165) is 11.5 Å². The van der Waals surface area contributed by atoms with Crippen molar-refractivity contribution in [2.75, 3.05) is 30.3 Å². The molecule has 1 unspecified atom stereocenters. The van der Waals surface area contributed by atoms with Crippen LogP contribution in [-0.2, 0) is 0 Å². The minimum atomic E-state index is -2.65. The van der Waals surface area contributed by atoms with Gasteiger partial charge in [-0.25, -0.2) is 13.8 Å². The summed E-state index contributed by atoms with van der Waals surface area (Å²) in [6.07, 6.45) is 2.74. The molecule has 2 fully saturated rings. The second-order valence-corrected chi connectivity index (χ2v) is 11.1. The summed E-state index contributed by atoms with van der Waals surface area (Å²) in [6, 6.07) is 10.2. The van der Waals surface area contributed by atoms with Crippen molar-refractivity contribution in [2.45, 2.75) is 62.7 Å². The number of alkyl halides is 2. The Hall–Kier alpha value is -1.54. The SMILES string of the molecule is CC.OCCC(c1ccc(SCC2CC2)cc1)c1nc2c(Cl)c(N3CCC(F)(F)CC3)c(Cl)cc2[nH]1. The first-order valence-electron chi connectivity index (χ1n) is 12.7. The molecule has 0 amide bonds. The van der Waals surface area contributed by atoms with Gasteiger partial charge >= 0.3 is 0 Å². The zero-order chi connectivity index (χ0) is 25.9. The molecule has 196 valence electrons. The predicted molar refractivity (Wildman–Crippen MR) is 147 cm³/mol. The first-order chi connectivity index (χ1) is 17.3. The van der Waals surface area contributed by atoms with Crippen LogP contribution in [0, 0.1) is 5.92 Å². The fourth-order valence-electron chi connectivity index (χ4n) is 4.49. The number of thioether (sulfide) groups is 1. The maximum absolute atomic E-state index is 13.6. The third kappa shape index (κ3) is 6.29. The van der Waals surface area contributed by atoms with Crippen molar-refractivity contribution in [1.82, 2.24) is 9.97 Å². The van der Waals surface area contributed by atoms with Gasteiger partial charge in [-0.05, 0) is 48.9 Å². The summed E-state index contributed by atoms with van der Waals surface area (Å²) in [6.45, 7) is 4.39. The van der Waals surface area contributed by atoms with Crippen molar-refractivity contribution < 1.29 is 13.9 Å². The molecule has 0 radical (unpaired) electrons. The van der Waals surface area contributed by atoms with Crippen LogP contribution in [0.2, 0.25) is 10.0 Å². The number of hydrogen-bond donors (Lipinski definition) is 2. The summed E-state index contributed by atoms with van der Waals surface area (Å²) in [7, 11) is 0. The summed E-state index contributed by atoms with van der Waals surface area (Å²) in [4.78, 5) is 11.2. The van der Waals surface area contributed by atoms with Crippen LogP contribution in [-0.4, -0.2) is 46.4 Å². The zero-order valence-corrected chi connectivity index (χ0v) is 23.0. The molecule has 1 aliphatic heterocycles. The quantitative estimate of drug-likeness (QED) is 0.275. The molecule has 5 rings (SSSR count). The molecular weight excluding hydrogens is 523 g/mol. The topological polar surface area (TPSA) is 52.2 Å². The third-order valence-corrected chi connectivity index (χ3v) is 8.58. The average Bonchev–Trinajstić information content (AvgIpc) is 3.61. The number of piperidine rings is 1. The molecule has 0 spiro atoms. The lowest BCUT2D eigenvalue weighted by Crippen LogP contribution is -2.39. The van der Waals surface area contributed by atoms with Crippen molar-refractivity contribution in [1.29, 1.82) is 0 Å². The molecule has 2 heterocycles. The number of benzene rings is 2. The van der Waals surface area contributed by atoms with E-state index in [1.54, 1.807) is 6.07 Å². The van der Waals surface area contributed by atoms with Gasteiger partial charge in [0.2, 0.25) is 0 Å². The first-order valence-corrected chi connectivity index (χ1v) is 14.4. The zero-order valence-electron chi connectivity index (χ0n) is 20.7. The van der Waals surface area contributed by atoms with E-state index >= 15 is 0 Å². The molecule has 1 atom stereocenters. The predicted octanol–water partition coefficient (Wildman–Crippen LogP) is 8.15. The van der Waals surface area contributed by atoms with E-state index < -0.39 is 5.92 Å². The van der Waals surface area contributed by atoms with Gasteiger partial charge < -0.3 is 15.0 Å². The van der Waals surface area contributed by atoms with E-state index in [1.165, 1.54) is 23.5 Å². The van der Waals surface area contributed by atoms with Crippen LogP contribution in [0.15, 0.2) is 35.2 Å². The summed E-state index contributed by atoms with van der Waals surface area (Å²) in [5.41, 5.74) is 2.87. The Bertz CT molecular complexity index is 1160. The highest BCUT2D eigenvalue weighted by Gasteiger charge is 2.35. The van der Waals surface area contributed by atoms with Gasteiger partial charge in [-0.2, -0.15) is 0 Å². The molecule has 2 aromatic carbocycles. The maximum atomic E-state index is 13.6. The van der Waals surface area contributed by atoms with Crippen LogP contribution in [0.5, 0.6) is 0 Å². The second-order valence-electron chi connectivity index (χ2n) is 9.27. The van der Waals surface area contributed by atoms with E-state index in [4.69, 9.17) is 28.2 Å². The van der Waals surface area contributed by atoms with Crippen LogP contribution in [0.25, 0.3) is 11.0 Å². The second kappa shape index (κ2) is 11.9. The monoisotopic (exact) mass is 555 g/mol. The number of aliphatic hydroxyl groups excluding tert-OH is 1. The fraction of sp³-hybridized carbons (Fsp3) is 0.519. The minimum absolute atomic E-state index is 0.0155. The van der Waals surface area contributed by atoms with E-state index in [-0.39, 0.29) is 38.5 Å². The molecule has 9 heteroatoms. The highest BCUT2D eigenvalue weighted by molar-refractivity contribution is 7.99. The van der Waals surface area contributed by atoms with E-state index in [1.807, 2.05) is 30.5 Å². The van der Waals surface area contributed by atoms with E-state index in [9.17, 15) is 13.9 Å². The number of H-pyrrole nitrogens is 1. The molecule has 2 aliphatic rings. The van der Waals surface area contributed by atoms with Gasteiger partial charge in [-0.3, -0.25) is 0 Å². The number of rotatable bonds is 8. The van der Waals surface area contributed by atoms with Crippen LogP contribution in [0.3, 0.4) is 0 Å². The Kier molecular flexibility index (Phi) is 9.08. The van der Waals surface area contributed by atoms with Crippen LogP contribution in [0.4, 0.5) is 14.5 Å². The number of aromatic amines is 1. The number of halogens is 4. The largest absolute Gasteiger partial charge is 0.396 e. The van der Waals surface area contributed by atoms with Gasteiger partial charge in [0.25, 0.3) is 5.92 Å². The van der Waals surface area contributed by atoms with Crippen molar-refractivity contribution in [3.8, 4) is 0 Å². The Labute approximate surface area is 225 Å². The molecule has 1 aliphatic carbocycles. The van der Waals surface area contributed by atoms with Crippen LogP contribution >= 0.6 is 35.0 Å². The summed E-state index contributed by atoms with van der Waals surface area (Å²) in [5, 5.41) is 10.5. The summed E-state index contributed by atoms with van der Waals surface area (Å²) >= 11 is 15.2. The van der Waals surface area contributed by atoms with E-state index in [0.29, 0.717) is 39.0 Å². The molecule has 4 nitrogen and oxygen atoms in total. The molecule has 3 aromatic rings. The molecule has 1 saturated carbocycles. The lowest BCUT2D eigenvalue weighted by Gasteiger charge is -2.34. The highest BCUT2D eigenvalue weighted by atomic mass is 35.5. The first kappa shape index (κ1) is 27.5. The Morgan fingerprint density at radius 3 is 2.44 bits per heavy atom. The number of hydrogen-bond acceptors (Lipinski definition) is 4. The normalized spacial score (nSPS) is 18.1. The molecule has 2 N–H and O–H groups in total. The standard InChI is InChI=1S/C25H27Cl2F2N3OS.C2H6/c26-19-13-20-22(21(27)23(19)32-10-8-25(28,29)9-11-32)31-24(30-20)18(7-12-33)16-3-5-17(6-4-16)34-14-15-1-2-15;1-2/h3-6,13,15,18,33H,1-2,7-12,14H2,(H,30,31);1-2H3. The molecular formula is C27H33Cl2F2N3OS. The minimum Gasteiger partial charge on any atom is -0.396 e. The van der Waals surface area contributed by atoms with Crippen molar-refractivity contribution in [3.05, 3.63) is 51.8 Å². The van der Waals surface area contributed by atoms with Gasteiger partial charge in [0.15, 0.2) is 0 Å². The summed E-state index contributed by atoms with van der Waals surface area (Å²) in [5.74, 6) is -0.0540. The van der Waals surface area contributed by atoms with E-state index in [2.05, 4.69) is 29.2 Å². The van der Waals surface area contributed by atoms with Gasteiger partial charge in [0.05, 0.1) is 21.2 Å². The third-order valence-electron chi connectivity index (χ3n) is 6.69. The molecule has 1 aromatic heterocycles. The lowest BCUT2D eigenvalue weighted by atomic mass is 9.95. The number of aliphatic hydroxyl groups is 1. The number of aromatic nitrogens is 2. The maximum Gasteiger partial charge on any atom is 0.251 e. The van der Waals surface area contributed by atoms with Gasteiger partial charge in [-0.15, -0.1) is 11.8 Å². The van der Waals surface area contributed by atoms with Crippen molar-refractivity contribution in [3.63, 3.8) is 0 Å². The number of imidazole rings is 1. The Morgan fingerprint density at radius 1 is 1.17 bits per heavy atom. The molecule has 1 saturated heterocycles.